The maximum absolute atomic E-state index is 10.8. The van der Waals surface area contributed by atoms with E-state index >= 15 is 0 Å². The first kappa shape index (κ1) is 14.2. The lowest BCUT2D eigenvalue weighted by Crippen LogP contribution is -2.27. The summed E-state index contributed by atoms with van der Waals surface area (Å²) in [6, 6.07) is 0. The lowest BCUT2D eigenvalue weighted by Gasteiger charge is -2.19. The van der Waals surface area contributed by atoms with Crippen LogP contribution in [0.4, 0.5) is 0 Å². The maximum Gasteiger partial charge on any atom is 0.243 e. The molecule has 1 N–H and O–H groups in total. The largest absolute Gasteiger partial charge is 0.353 e. The van der Waals surface area contributed by atoms with Crippen LogP contribution < -0.4 is 5.32 Å². The molecule has 3 heteroatoms. The Bertz CT molecular complexity index is 180. The van der Waals surface area contributed by atoms with Gasteiger partial charge in [0.15, 0.2) is 0 Å². The average molecular weight is 212 g/mol. The first-order valence-electron chi connectivity index (χ1n) is 5.87. The van der Waals surface area contributed by atoms with Gasteiger partial charge in [-0.25, -0.2) is 0 Å². The van der Waals surface area contributed by atoms with Crippen molar-refractivity contribution in [2.75, 3.05) is 26.2 Å². The van der Waals surface area contributed by atoms with E-state index < -0.39 is 0 Å². The Labute approximate surface area is 93.5 Å². The summed E-state index contributed by atoms with van der Waals surface area (Å²) < 4.78 is 0. The zero-order chi connectivity index (χ0) is 11.5. The summed E-state index contributed by atoms with van der Waals surface area (Å²) in [4.78, 5) is 13.3. The van der Waals surface area contributed by atoms with Crippen molar-refractivity contribution in [3.63, 3.8) is 0 Å². The van der Waals surface area contributed by atoms with Crippen LogP contribution in [0.25, 0.3) is 0 Å². The summed E-state index contributed by atoms with van der Waals surface area (Å²) in [6.45, 7) is 12.0. The Morgan fingerprint density at radius 2 is 2.07 bits per heavy atom. The SMILES string of the molecule is C=CC(=O)NCCCCN(CC)CCC. The molecule has 0 fully saturated rings. The van der Waals surface area contributed by atoms with E-state index in [0.29, 0.717) is 0 Å². The molecule has 0 unspecified atom stereocenters. The summed E-state index contributed by atoms with van der Waals surface area (Å²) in [5, 5.41) is 2.78. The van der Waals surface area contributed by atoms with Crippen molar-refractivity contribution in [1.29, 1.82) is 0 Å². The molecule has 0 aromatic heterocycles. The smallest absolute Gasteiger partial charge is 0.243 e. The Morgan fingerprint density at radius 1 is 1.33 bits per heavy atom. The number of carbonyl (C=O) groups is 1. The molecule has 0 aromatic rings. The van der Waals surface area contributed by atoms with Crippen LogP contribution in [0.1, 0.15) is 33.1 Å². The fraction of sp³-hybridized carbons (Fsp3) is 0.750. The summed E-state index contributed by atoms with van der Waals surface area (Å²) in [6.07, 6.45) is 4.71. The molecule has 0 aliphatic carbocycles. The standard InChI is InChI=1S/C12H24N2O/c1-4-10-14(6-3)11-8-7-9-13-12(15)5-2/h5H,2,4,6-11H2,1,3H3,(H,13,15). The zero-order valence-electron chi connectivity index (χ0n) is 10.1. The van der Waals surface area contributed by atoms with Gasteiger partial charge in [0, 0.05) is 6.54 Å². The number of nitrogens with zero attached hydrogens (tertiary/aromatic N) is 1. The minimum absolute atomic E-state index is 0.0732. The summed E-state index contributed by atoms with van der Waals surface area (Å²) >= 11 is 0. The minimum atomic E-state index is -0.0732. The van der Waals surface area contributed by atoms with Crippen molar-refractivity contribution in [2.45, 2.75) is 33.1 Å². The normalized spacial score (nSPS) is 10.3. The van der Waals surface area contributed by atoms with Crippen LogP contribution in [-0.2, 0) is 4.79 Å². The molecule has 0 spiro atoms. The quantitative estimate of drug-likeness (QED) is 0.467. The van der Waals surface area contributed by atoms with Gasteiger partial charge in [-0.05, 0) is 45.0 Å². The summed E-state index contributed by atoms with van der Waals surface area (Å²) in [5.74, 6) is -0.0732. The van der Waals surface area contributed by atoms with E-state index in [2.05, 4.69) is 30.6 Å². The number of rotatable bonds is 9. The zero-order valence-corrected chi connectivity index (χ0v) is 10.1. The third-order valence-corrected chi connectivity index (χ3v) is 2.37. The second-order valence-electron chi connectivity index (χ2n) is 3.64. The fourth-order valence-electron chi connectivity index (χ4n) is 1.49. The molecule has 0 saturated carbocycles. The van der Waals surface area contributed by atoms with E-state index in [-0.39, 0.29) is 5.91 Å². The molecule has 0 atom stereocenters. The molecule has 0 aromatic carbocycles. The highest BCUT2D eigenvalue weighted by Gasteiger charge is 2.00. The van der Waals surface area contributed by atoms with Crippen molar-refractivity contribution >= 4 is 5.91 Å². The molecule has 0 heterocycles. The van der Waals surface area contributed by atoms with E-state index in [0.717, 1.165) is 32.5 Å². The van der Waals surface area contributed by atoms with Crippen LogP contribution in [0.3, 0.4) is 0 Å². The molecule has 1 amide bonds. The van der Waals surface area contributed by atoms with E-state index in [1.165, 1.54) is 19.0 Å². The second kappa shape index (κ2) is 9.71. The van der Waals surface area contributed by atoms with Gasteiger partial charge < -0.3 is 10.2 Å². The number of amides is 1. The molecule has 0 bridgehead atoms. The minimum Gasteiger partial charge on any atom is -0.353 e. The fourth-order valence-corrected chi connectivity index (χ4v) is 1.49. The van der Waals surface area contributed by atoms with Crippen molar-refractivity contribution in [3.8, 4) is 0 Å². The average Bonchev–Trinajstić information content (AvgIpc) is 2.26. The number of hydrogen-bond donors (Lipinski definition) is 1. The molecule has 0 aliphatic rings. The predicted octanol–water partition coefficient (Wildman–Crippen LogP) is 1.80. The Balaban J connectivity index is 3.35. The molecule has 0 saturated heterocycles. The number of carbonyl (C=O) groups excluding carboxylic acids is 1. The van der Waals surface area contributed by atoms with E-state index in [9.17, 15) is 4.79 Å². The van der Waals surface area contributed by atoms with Crippen LogP contribution >= 0.6 is 0 Å². The molecule has 88 valence electrons. The highest BCUT2D eigenvalue weighted by Crippen LogP contribution is 1.96. The second-order valence-corrected chi connectivity index (χ2v) is 3.64. The van der Waals surface area contributed by atoms with Gasteiger partial charge in [0.1, 0.15) is 0 Å². The van der Waals surface area contributed by atoms with Crippen molar-refractivity contribution in [1.82, 2.24) is 10.2 Å². The third kappa shape index (κ3) is 8.18. The van der Waals surface area contributed by atoms with Gasteiger partial charge in [-0.1, -0.05) is 20.4 Å². The molecule has 15 heavy (non-hydrogen) atoms. The van der Waals surface area contributed by atoms with Crippen LogP contribution in [0.5, 0.6) is 0 Å². The van der Waals surface area contributed by atoms with Crippen molar-refractivity contribution in [3.05, 3.63) is 12.7 Å². The Kier molecular flexibility index (Phi) is 9.18. The molecule has 3 nitrogen and oxygen atoms in total. The lowest BCUT2D eigenvalue weighted by atomic mass is 10.2. The third-order valence-electron chi connectivity index (χ3n) is 2.37. The van der Waals surface area contributed by atoms with Crippen molar-refractivity contribution < 1.29 is 4.79 Å². The Morgan fingerprint density at radius 3 is 2.60 bits per heavy atom. The topological polar surface area (TPSA) is 32.3 Å². The number of unbranched alkanes of at least 4 members (excludes halogenated alkanes) is 1. The summed E-state index contributed by atoms with van der Waals surface area (Å²) in [5.41, 5.74) is 0. The predicted molar refractivity (Wildman–Crippen MR) is 64.8 cm³/mol. The first-order chi connectivity index (χ1) is 7.24. The van der Waals surface area contributed by atoms with Gasteiger partial charge >= 0.3 is 0 Å². The van der Waals surface area contributed by atoms with Gasteiger partial charge in [-0.3, -0.25) is 4.79 Å². The molecule has 0 aliphatic heterocycles. The first-order valence-corrected chi connectivity index (χ1v) is 5.87. The van der Waals surface area contributed by atoms with E-state index in [1.54, 1.807) is 0 Å². The van der Waals surface area contributed by atoms with Crippen molar-refractivity contribution in [2.24, 2.45) is 0 Å². The van der Waals surface area contributed by atoms with Gasteiger partial charge in [0.05, 0.1) is 0 Å². The monoisotopic (exact) mass is 212 g/mol. The molecule has 0 radical (unpaired) electrons. The van der Waals surface area contributed by atoms with Gasteiger partial charge in [-0.2, -0.15) is 0 Å². The molecule has 0 rings (SSSR count). The van der Waals surface area contributed by atoms with Crippen LogP contribution in [0, 0.1) is 0 Å². The van der Waals surface area contributed by atoms with Crippen LogP contribution in [0.2, 0.25) is 0 Å². The van der Waals surface area contributed by atoms with Gasteiger partial charge in [0.25, 0.3) is 0 Å². The highest BCUT2D eigenvalue weighted by atomic mass is 16.1. The van der Waals surface area contributed by atoms with Gasteiger partial charge in [0.2, 0.25) is 5.91 Å². The highest BCUT2D eigenvalue weighted by molar-refractivity contribution is 5.86. The Hall–Kier alpha value is -0.830. The number of nitrogens with one attached hydrogen (secondary N) is 1. The molecular formula is C12H24N2O. The lowest BCUT2D eigenvalue weighted by molar-refractivity contribution is -0.116. The van der Waals surface area contributed by atoms with Crippen LogP contribution in [0.15, 0.2) is 12.7 Å². The number of hydrogen-bond acceptors (Lipinski definition) is 2. The maximum atomic E-state index is 10.8. The van der Waals surface area contributed by atoms with E-state index in [4.69, 9.17) is 0 Å². The summed E-state index contributed by atoms with van der Waals surface area (Å²) in [7, 11) is 0. The van der Waals surface area contributed by atoms with Gasteiger partial charge in [-0.15, -0.1) is 0 Å². The van der Waals surface area contributed by atoms with Crippen LogP contribution in [-0.4, -0.2) is 37.0 Å². The molecular weight excluding hydrogens is 188 g/mol. The van der Waals surface area contributed by atoms with E-state index in [1.807, 2.05) is 0 Å².